The van der Waals surface area contributed by atoms with Crippen molar-refractivity contribution >= 4 is 22.6 Å². The van der Waals surface area contributed by atoms with Crippen LogP contribution < -0.4 is 0 Å². The smallest absolute Gasteiger partial charge is 0.139 e. The van der Waals surface area contributed by atoms with Gasteiger partial charge in [-0.15, -0.1) is 0 Å². The lowest BCUT2D eigenvalue weighted by molar-refractivity contribution is 1.30. The van der Waals surface area contributed by atoms with E-state index in [1.54, 1.807) is 6.20 Å². The third-order valence-corrected chi connectivity index (χ3v) is 3.80. The number of hydrogen-bond acceptors (Lipinski definition) is 2. The van der Waals surface area contributed by atoms with Crippen LogP contribution in [0.15, 0.2) is 66.9 Å². The first-order valence-electron chi connectivity index (χ1n) is 6.97. The van der Waals surface area contributed by atoms with Gasteiger partial charge in [-0.3, -0.25) is 4.98 Å². The number of aromatic nitrogens is 3. The van der Waals surface area contributed by atoms with Crippen molar-refractivity contribution in [1.29, 1.82) is 0 Å². The molecule has 22 heavy (non-hydrogen) atoms. The SMILES string of the molecule is Clc1ccc2nc(-c3ccccc3-c3ccccn3)[nH]c2c1. The minimum atomic E-state index is 0.695. The number of benzene rings is 2. The predicted octanol–water partition coefficient (Wildman–Crippen LogP) is 4.95. The molecule has 106 valence electrons. The number of aromatic amines is 1. The second-order valence-electron chi connectivity index (χ2n) is 5.01. The van der Waals surface area contributed by atoms with Crippen LogP contribution >= 0.6 is 11.6 Å². The van der Waals surface area contributed by atoms with Crippen LogP contribution in [0, 0.1) is 0 Å². The van der Waals surface area contributed by atoms with Gasteiger partial charge in [-0.25, -0.2) is 4.98 Å². The van der Waals surface area contributed by atoms with Crippen molar-refractivity contribution in [2.24, 2.45) is 0 Å². The molecular weight excluding hydrogens is 294 g/mol. The van der Waals surface area contributed by atoms with E-state index in [1.165, 1.54) is 0 Å². The quantitative estimate of drug-likeness (QED) is 0.569. The maximum Gasteiger partial charge on any atom is 0.139 e. The highest BCUT2D eigenvalue weighted by molar-refractivity contribution is 6.31. The lowest BCUT2D eigenvalue weighted by atomic mass is 10.0. The van der Waals surface area contributed by atoms with Crippen LogP contribution in [0.4, 0.5) is 0 Å². The number of H-pyrrole nitrogens is 1. The van der Waals surface area contributed by atoms with E-state index < -0.39 is 0 Å². The molecule has 2 heterocycles. The van der Waals surface area contributed by atoms with Gasteiger partial charge in [0.2, 0.25) is 0 Å². The Bertz CT molecular complexity index is 945. The molecule has 0 aliphatic rings. The Kier molecular flexibility index (Phi) is 3.13. The molecule has 0 spiro atoms. The number of fused-ring (bicyclic) bond motifs is 1. The van der Waals surface area contributed by atoms with Crippen molar-refractivity contribution in [3.8, 4) is 22.6 Å². The van der Waals surface area contributed by atoms with E-state index >= 15 is 0 Å². The fourth-order valence-corrected chi connectivity index (χ4v) is 2.72. The van der Waals surface area contributed by atoms with Gasteiger partial charge in [-0.2, -0.15) is 0 Å². The number of halogens is 1. The Hall–Kier alpha value is -2.65. The van der Waals surface area contributed by atoms with Gasteiger partial charge >= 0.3 is 0 Å². The van der Waals surface area contributed by atoms with Crippen LogP contribution in [0.25, 0.3) is 33.7 Å². The van der Waals surface area contributed by atoms with E-state index in [0.29, 0.717) is 5.02 Å². The first-order valence-corrected chi connectivity index (χ1v) is 7.35. The molecule has 0 saturated heterocycles. The maximum absolute atomic E-state index is 6.04. The summed E-state index contributed by atoms with van der Waals surface area (Å²) in [6.45, 7) is 0. The molecule has 3 nitrogen and oxygen atoms in total. The fourth-order valence-electron chi connectivity index (χ4n) is 2.54. The van der Waals surface area contributed by atoms with Crippen molar-refractivity contribution in [1.82, 2.24) is 15.0 Å². The second kappa shape index (κ2) is 5.28. The highest BCUT2D eigenvalue weighted by Crippen LogP contribution is 2.30. The lowest BCUT2D eigenvalue weighted by Crippen LogP contribution is -1.88. The Morgan fingerprint density at radius 2 is 1.68 bits per heavy atom. The fraction of sp³-hybridized carbons (Fsp3) is 0. The number of pyridine rings is 1. The molecule has 4 heteroatoms. The molecule has 0 aliphatic carbocycles. The number of nitrogens with one attached hydrogen (secondary N) is 1. The molecule has 0 amide bonds. The van der Waals surface area contributed by atoms with Crippen molar-refractivity contribution in [3.63, 3.8) is 0 Å². The molecule has 0 saturated carbocycles. The Labute approximate surface area is 132 Å². The van der Waals surface area contributed by atoms with E-state index in [1.807, 2.05) is 54.6 Å². The van der Waals surface area contributed by atoms with Crippen molar-refractivity contribution in [2.45, 2.75) is 0 Å². The molecule has 2 aromatic heterocycles. The Morgan fingerprint density at radius 1 is 0.864 bits per heavy atom. The summed E-state index contributed by atoms with van der Waals surface area (Å²) in [5.74, 6) is 0.818. The molecule has 0 radical (unpaired) electrons. The number of hydrogen-bond donors (Lipinski definition) is 1. The van der Waals surface area contributed by atoms with Crippen LogP contribution in [-0.4, -0.2) is 15.0 Å². The maximum atomic E-state index is 6.04. The molecule has 4 aromatic rings. The number of rotatable bonds is 2. The van der Waals surface area contributed by atoms with E-state index in [-0.39, 0.29) is 0 Å². The van der Waals surface area contributed by atoms with Crippen LogP contribution in [0.1, 0.15) is 0 Å². The zero-order chi connectivity index (χ0) is 14.9. The van der Waals surface area contributed by atoms with Crippen molar-refractivity contribution in [2.75, 3.05) is 0 Å². The van der Waals surface area contributed by atoms with Gasteiger partial charge in [-0.1, -0.05) is 41.9 Å². The molecular formula is C18H12ClN3. The van der Waals surface area contributed by atoms with Gasteiger partial charge in [0.05, 0.1) is 16.7 Å². The van der Waals surface area contributed by atoms with Crippen LogP contribution in [0.3, 0.4) is 0 Å². The molecule has 1 N–H and O–H groups in total. The summed E-state index contributed by atoms with van der Waals surface area (Å²) in [5, 5.41) is 0.695. The van der Waals surface area contributed by atoms with Gasteiger partial charge in [0.15, 0.2) is 0 Å². The summed E-state index contributed by atoms with van der Waals surface area (Å²) in [5.41, 5.74) is 4.83. The summed E-state index contributed by atoms with van der Waals surface area (Å²) < 4.78 is 0. The molecule has 0 aliphatic heterocycles. The van der Waals surface area contributed by atoms with Crippen LogP contribution in [-0.2, 0) is 0 Å². The Morgan fingerprint density at radius 3 is 2.50 bits per heavy atom. The third-order valence-electron chi connectivity index (χ3n) is 3.57. The number of nitrogens with zero attached hydrogens (tertiary/aromatic N) is 2. The highest BCUT2D eigenvalue weighted by atomic mass is 35.5. The zero-order valence-electron chi connectivity index (χ0n) is 11.6. The van der Waals surface area contributed by atoms with Gasteiger partial charge in [0.1, 0.15) is 5.82 Å². The molecule has 4 rings (SSSR count). The first-order chi connectivity index (χ1) is 10.8. The van der Waals surface area contributed by atoms with E-state index in [0.717, 1.165) is 33.7 Å². The van der Waals surface area contributed by atoms with Crippen LogP contribution in [0.2, 0.25) is 5.02 Å². The van der Waals surface area contributed by atoms with E-state index in [2.05, 4.69) is 21.0 Å². The molecule has 0 atom stereocenters. The van der Waals surface area contributed by atoms with Crippen LogP contribution in [0.5, 0.6) is 0 Å². The summed E-state index contributed by atoms with van der Waals surface area (Å²) in [7, 11) is 0. The average molecular weight is 306 g/mol. The van der Waals surface area contributed by atoms with E-state index in [9.17, 15) is 0 Å². The summed E-state index contributed by atoms with van der Waals surface area (Å²) in [4.78, 5) is 12.4. The zero-order valence-corrected chi connectivity index (χ0v) is 12.4. The lowest BCUT2D eigenvalue weighted by Gasteiger charge is -2.06. The molecule has 0 bridgehead atoms. The minimum Gasteiger partial charge on any atom is -0.338 e. The van der Waals surface area contributed by atoms with Crippen molar-refractivity contribution in [3.05, 3.63) is 71.9 Å². The summed E-state index contributed by atoms with van der Waals surface area (Å²) in [6.07, 6.45) is 1.80. The molecule has 2 aromatic carbocycles. The predicted molar refractivity (Wildman–Crippen MR) is 89.8 cm³/mol. The summed E-state index contributed by atoms with van der Waals surface area (Å²) >= 11 is 6.04. The average Bonchev–Trinajstić information content (AvgIpc) is 2.98. The topological polar surface area (TPSA) is 41.6 Å². The van der Waals surface area contributed by atoms with Gasteiger partial charge in [-0.05, 0) is 30.3 Å². The van der Waals surface area contributed by atoms with Gasteiger partial charge < -0.3 is 4.98 Å². The Balaban J connectivity index is 1.92. The highest BCUT2D eigenvalue weighted by Gasteiger charge is 2.11. The standard InChI is InChI=1S/C18H12ClN3/c19-12-8-9-16-17(11-12)22-18(21-16)14-6-2-1-5-13(14)15-7-3-4-10-20-15/h1-11H,(H,21,22). The third kappa shape index (κ3) is 2.26. The van der Waals surface area contributed by atoms with Gasteiger partial charge in [0.25, 0.3) is 0 Å². The summed E-state index contributed by atoms with van der Waals surface area (Å²) in [6, 6.07) is 19.7. The monoisotopic (exact) mass is 305 g/mol. The molecule has 0 fully saturated rings. The second-order valence-corrected chi connectivity index (χ2v) is 5.44. The van der Waals surface area contributed by atoms with Crippen molar-refractivity contribution < 1.29 is 0 Å². The van der Waals surface area contributed by atoms with Gasteiger partial charge in [0, 0.05) is 22.3 Å². The largest absolute Gasteiger partial charge is 0.338 e. The normalized spacial score (nSPS) is 11.0. The first kappa shape index (κ1) is 13.0. The molecule has 0 unspecified atom stereocenters. The minimum absolute atomic E-state index is 0.695. The van der Waals surface area contributed by atoms with E-state index in [4.69, 9.17) is 11.6 Å². The number of imidazole rings is 1.